The zero-order chi connectivity index (χ0) is 14.3. The molecule has 20 heavy (non-hydrogen) atoms. The van der Waals surface area contributed by atoms with E-state index in [1.807, 2.05) is 0 Å². The van der Waals surface area contributed by atoms with Crippen LogP contribution in [0, 0.1) is 18.6 Å². The van der Waals surface area contributed by atoms with Crippen LogP contribution in [0.4, 0.5) is 8.78 Å². The van der Waals surface area contributed by atoms with E-state index < -0.39 is 17.4 Å². The number of hydrogen-bond acceptors (Lipinski definition) is 1. The van der Waals surface area contributed by atoms with Crippen LogP contribution in [0.25, 0.3) is 10.9 Å². The van der Waals surface area contributed by atoms with Crippen LogP contribution >= 0.6 is 0 Å². The predicted molar refractivity (Wildman–Crippen MR) is 72.8 cm³/mol. The number of ketones is 1. The molecule has 0 amide bonds. The summed E-state index contributed by atoms with van der Waals surface area (Å²) in [5.41, 5.74) is 1.55. The van der Waals surface area contributed by atoms with Crippen molar-refractivity contribution in [1.29, 1.82) is 0 Å². The van der Waals surface area contributed by atoms with Crippen molar-refractivity contribution in [3.8, 4) is 0 Å². The number of nitrogens with one attached hydrogen (secondary N) is 1. The summed E-state index contributed by atoms with van der Waals surface area (Å²) >= 11 is 0. The molecule has 4 heteroatoms. The maximum Gasteiger partial charge on any atom is 0.198 e. The number of aryl methyl sites for hydroxylation is 1. The van der Waals surface area contributed by atoms with Gasteiger partial charge >= 0.3 is 0 Å². The molecule has 1 aromatic heterocycles. The van der Waals surface area contributed by atoms with Crippen LogP contribution in [-0.4, -0.2) is 10.8 Å². The molecule has 0 aliphatic carbocycles. The second kappa shape index (κ2) is 4.56. The van der Waals surface area contributed by atoms with Crippen LogP contribution in [0.2, 0.25) is 0 Å². The van der Waals surface area contributed by atoms with Gasteiger partial charge in [-0.05, 0) is 37.3 Å². The molecule has 0 unspecified atom stereocenters. The first-order chi connectivity index (χ1) is 9.58. The molecular formula is C16H11F2NO. The third-order valence-corrected chi connectivity index (χ3v) is 3.29. The standard InChI is InChI=1S/C16H11F2NO/c1-9-15(12-8-10(17)6-7-14(12)19-9)16(20)11-4-2-3-5-13(11)18/h2-8,19H,1H3. The highest BCUT2D eigenvalue weighted by Gasteiger charge is 2.20. The molecule has 0 atom stereocenters. The molecule has 0 fully saturated rings. The SMILES string of the molecule is Cc1[nH]c2ccc(F)cc2c1C(=O)c1ccccc1F. The van der Waals surface area contributed by atoms with Crippen molar-refractivity contribution >= 4 is 16.7 Å². The van der Waals surface area contributed by atoms with E-state index in [2.05, 4.69) is 4.98 Å². The minimum Gasteiger partial charge on any atom is -0.358 e. The van der Waals surface area contributed by atoms with Crippen LogP contribution in [0.15, 0.2) is 42.5 Å². The fourth-order valence-corrected chi connectivity index (χ4v) is 2.37. The molecule has 3 rings (SSSR count). The number of carbonyl (C=O) groups excluding carboxylic acids is 1. The molecule has 1 heterocycles. The molecule has 1 N–H and O–H groups in total. The normalized spacial score (nSPS) is 10.9. The zero-order valence-corrected chi connectivity index (χ0v) is 10.7. The predicted octanol–water partition coefficient (Wildman–Crippen LogP) is 3.99. The number of H-pyrrole nitrogens is 1. The topological polar surface area (TPSA) is 32.9 Å². The summed E-state index contributed by atoms with van der Waals surface area (Å²) in [4.78, 5) is 15.5. The van der Waals surface area contributed by atoms with Gasteiger partial charge < -0.3 is 4.98 Å². The van der Waals surface area contributed by atoms with E-state index in [1.165, 1.54) is 30.3 Å². The quantitative estimate of drug-likeness (QED) is 0.702. The molecule has 0 radical (unpaired) electrons. The van der Waals surface area contributed by atoms with E-state index in [9.17, 15) is 13.6 Å². The first kappa shape index (κ1) is 12.5. The smallest absolute Gasteiger partial charge is 0.198 e. The minimum atomic E-state index is -0.581. The largest absolute Gasteiger partial charge is 0.358 e. The van der Waals surface area contributed by atoms with E-state index in [0.717, 1.165) is 0 Å². The lowest BCUT2D eigenvalue weighted by Gasteiger charge is -2.03. The van der Waals surface area contributed by atoms with Crippen molar-refractivity contribution in [3.05, 3.63) is 70.9 Å². The lowest BCUT2D eigenvalue weighted by atomic mass is 10.00. The van der Waals surface area contributed by atoms with Gasteiger partial charge in [0.1, 0.15) is 11.6 Å². The van der Waals surface area contributed by atoms with Crippen molar-refractivity contribution in [2.45, 2.75) is 6.92 Å². The maximum absolute atomic E-state index is 13.7. The Morgan fingerprint density at radius 3 is 2.60 bits per heavy atom. The number of halogens is 2. The number of rotatable bonds is 2. The Kier molecular flexibility index (Phi) is 2.86. The molecule has 0 bridgehead atoms. The first-order valence-electron chi connectivity index (χ1n) is 6.15. The second-order valence-corrected chi connectivity index (χ2v) is 4.62. The Bertz CT molecular complexity index is 820. The number of aromatic nitrogens is 1. The van der Waals surface area contributed by atoms with E-state index in [0.29, 0.717) is 22.2 Å². The van der Waals surface area contributed by atoms with Gasteiger partial charge in [0, 0.05) is 16.6 Å². The van der Waals surface area contributed by atoms with Crippen LogP contribution in [0.5, 0.6) is 0 Å². The van der Waals surface area contributed by atoms with Crippen LogP contribution in [-0.2, 0) is 0 Å². The highest BCUT2D eigenvalue weighted by Crippen LogP contribution is 2.26. The minimum absolute atomic E-state index is 0.0132. The number of hydrogen-bond donors (Lipinski definition) is 1. The lowest BCUT2D eigenvalue weighted by Crippen LogP contribution is -2.05. The van der Waals surface area contributed by atoms with Crippen molar-refractivity contribution in [2.75, 3.05) is 0 Å². The molecular weight excluding hydrogens is 260 g/mol. The van der Waals surface area contributed by atoms with E-state index in [1.54, 1.807) is 19.1 Å². The molecule has 100 valence electrons. The van der Waals surface area contributed by atoms with Gasteiger partial charge in [-0.2, -0.15) is 0 Å². The Hall–Kier alpha value is -2.49. The first-order valence-corrected chi connectivity index (χ1v) is 6.15. The Morgan fingerprint density at radius 2 is 1.85 bits per heavy atom. The number of aromatic amines is 1. The zero-order valence-electron chi connectivity index (χ0n) is 10.7. The molecule has 0 spiro atoms. The average Bonchev–Trinajstić information content (AvgIpc) is 2.74. The highest BCUT2D eigenvalue weighted by atomic mass is 19.1. The molecule has 2 nitrogen and oxygen atoms in total. The van der Waals surface area contributed by atoms with E-state index in [-0.39, 0.29) is 5.56 Å². The van der Waals surface area contributed by atoms with Crippen LogP contribution in [0.3, 0.4) is 0 Å². The van der Waals surface area contributed by atoms with Gasteiger partial charge in [-0.3, -0.25) is 4.79 Å². The summed E-state index contributed by atoms with van der Waals surface area (Å²) in [5, 5.41) is 0.468. The van der Waals surface area contributed by atoms with Gasteiger partial charge in [-0.15, -0.1) is 0 Å². The van der Waals surface area contributed by atoms with Gasteiger partial charge in [-0.1, -0.05) is 12.1 Å². The van der Waals surface area contributed by atoms with E-state index >= 15 is 0 Å². The number of benzene rings is 2. The van der Waals surface area contributed by atoms with E-state index in [4.69, 9.17) is 0 Å². The Labute approximate surface area is 114 Å². The fraction of sp³-hybridized carbons (Fsp3) is 0.0625. The van der Waals surface area contributed by atoms with Crippen molar-refractivity contribution in [3.63, 3.8) is 0 Å². The Balaban J connectivity index is 2.24. The van der Waals surface area contributed by atoms with Gasteiger partial charge in [-0.25, -0.2) is 8.78 Å². The summed E-state index contributed by atoms with van der Waals surface area (Å²) < 4.78 is 27.1. The van der Waals surface area contributed by atoms with Crippen LogP contribution < -0.4 is 0 Å². The summed E-state index contributed by atoms with van der Waals surface area (Å²) in [6, 6.07) is 9.94. The number of fused-ring (bicyclic) bond motifs is 1. The summed E-state index contributed by atoms with van der Waals surface area (Å²) in [6.45, 7) is 1.71. The summed E-state index contributed by atoms with van der Waals surface area (Å²) in [7, 11) is 0. The second-order valence-electron chi connectivity index (χ2n) is 4.62. The number of carbonyl (C=O) groups is 1. The average molecular weight is 271 g/mol. The van der Waals surface area contributed by atoms with Crippen molar-refractivity contribution in [2.24, 2.45) is 0 Å². The summed E-state index contributed by atoms with van der Waals surface area (Å²) in [6.07, 6.45) is 0. The highest BCUT2D eigenvalue weighted by molar-refractivity contribution is 6.17. The molecule has 3 aromatic rings. The third-order valence-electron chi connectivity index (χ3n) is 3.29. The lowest BCUT2D eigenvalue weighted by molar-refractivity contribution is 0.103. The van der Waals surface area contributed by atoms with Gasteiger partial charge in [0.2, 0.25) is 0 Å². The van der Waals surface area contributed by atoms with Crippen LogP contribution in [0.1, 0.15) is 21.6 Å². The van der Waals surface area contributed by atoms with Crippen molar-refractivity contribution < 1.29 is 13.6 Å². The van der Waals surface area contributed by atoms with Crippen molar-refractivity contribution in [1.82, 2.24) is 4.98 Å². The fourth-order valence-electron chi connectivity index (χ4n) is 2.37. The summed E-state index contributed by atoms with van der Waals surface area (Å²) in [5.74, 6) is -1.46. The maximum atomic E-state index is 13.7. The van der Waals surface area contributed by atoms with Gasteiger partial charge in [0.05, 0.1) is 11.1 Å². The molecule has 0 saturated carbocycles. The Morgan fingerprint density at radius 1 is 1.10 bits per heavy atom. The third kappa shape index (κ3) is 1.90. The van der Waals surface area contributed by atoms with Gasteiger partial charge in [0.15, 0.2) is 5.78 Å². The molecule has 0 aliphatic heterocycles. The van der Waals surface area contributed by atoms with Gasteiger partial charge in [0.25, 0.3) is 0 Å². The monoisotopic (exact) mass is 271 g/mol. The molecule has 0 aliphatic rings. The molecule has 0 saturated heterocycles. The molecule has 2 aromatic carbocycles.